The zero-order valence-corrected chi connectivity index (χ0v) is 16.1. The van der Waals surface area contributed by atoms with Crippen LogP contribution in [-0.2, 0) is 4.74 Å². The predicted molar refractivity (Wildman–Crippen MR) is 110 cm³/mol. The zero-order valence-electron chi connectivity index (χ0n) is 16.1. The van der Waals surface area contributed by atoms with Gasteiger partial charge in [0.2, 0.25) is 0 Å². The summed E-state index contributed by atoms with van der Waals surface area (Å²) < 4.78 is 5.46. The molecule has 0 aliphatic carbocycles. The van der Waals surface area contributed by atoms with Crippen LogP contribution >= 0.6 is 0 Å². The van der Waals surface area contributed by atoms with Gasteiger partial charge in [-0.1, -0.05) is 54.1 Å². The van der Waals surface area contributed by atoms with Crippen molar-refractivity contribution in [2.45, 2.75) is 13.0 Å². The molecule has 1 N–H and O–H groups in total. The average Bonchev–Trinajstić information content (AvgIpc) is 2.74. The number of pyridine rings is 1. The molecule has 0 saturated carbocycles. The van der Waals surface area contributed by atoms with Crippen LogP contribution in [0, 0.1) is 6.92 Å². The first kappa shape index (κ1) is 18.6. The maximum atomic E-state index is 13.0. The number of nitrogens with zero attached hydrogens (tertiary/aromatic N) is 2. The third-order valence-corrected chi connectivity index (χ3v) is 5.16. The van der Waals surface area contributed by atoms with Crippen LogP contribution in [0.3, 0.4) is 0 Å². The summed E-state index contributed by atoms with van der Waals surface area (Å²) in [5, 5.41) is 4.23. The van der Waals surface area contributed by atoms with Crippen LogP contribution in [0.1, 0.15) is 27.7 Å². The molecule has 144 valence electrons. The van der Waals surface area contributed by atoms with Crippen LogP contribution in [0.4, 0.5) is 0 Å². The number of rotatable bonds is 5. The number of hydrogen-bond acceptors (Lipinski definition) is 4. The van der Waals surface area contributed by atoms with Gasteiger partial charge in [0.25, 0.3) is 5.91 Å². The van der Waals surface area contributed by atoms with Crippen molar-refractivity contribution in [3.63, 3.8) is 0 Å². The summed E-state index contributed by atoms with van der Waals surface area (Å²) in [4.78, 5) is 19.8. The van der Waals surface area contributed by atoms with E-state index in [2.05, 4.69) is 46.4 Å². The topological polar surface area (TPSA) is 54.5 Å². The lowest BCUT2D eigenvalue weighted by Crippen LogP contribution is -2.43. The highest BCUT2D eigenvalue weighted by Crippen LogP contribution is 2.18. The van der Waals surface area contributed by atoms with Gasteiger partial charge in [-0.2, -0.15) is 0 Å². The van der Waals surface area contributed by atoms with Crippen LogP contribution < -0.4 is 5.32 Å². The highest BCUT2D eigenvalue weighted by molar-refractivity contribution is 5.95. The Morgan fingerprint density at radius 2 is 1.82 bits per heavy atom. The lowest BCUT2D eigenvalue weighted by atomic mass is 10.0. The molecular weight excluding hydrogens is 350 g/mol. The van der Waals surface area contributed by atoms with Crippen molar-refractivity contribution >= 4 is 16.8 Å². The third kappa shape index (κ3) is 4.38. The molecule has 1 aromatic heterocycles. The average molecular weight is 375 g/mol. The molecule has 0 bridgehead atoms. The Hall–Kier alpha value is -2.76. The number of carbonyl (C=O) groups excluding carboxylic acids is 1. The van der Waals surface area contributed by atoms with Crippen LogP contribution in [0.2, 0.25) is 0 Å². The Morgan fingerprint density at radius 3 is 2.61 bits per heavy atom. The molecule has 1 atom stereocenters. The number of fused-ring (bicyclic) bond motifs is 1. The van der Waals surface area contributed by atoms with Gasteiger partial charge in [-0.25, -0.2) is 4.98 Å². The minimum absolute atomic E-state index is 0.0977. The molecule has 1 aliphatic heterocycles. The van der Waals surface area contributed by atoms with Crippen LogP contribution in [0.15, 0.2) is 60.7 Å². The van der Waals surface area contributed by atoms with Gasteiger partial charge >= 0.3 is 0 Å². The quantitative estimate of drug-likeness (QED) is 0.743. The number of nitrogens with one attached hydrogen (secondary N) is 1. The first-order chi connectivity index (χ1) is 13.7. The van der Waals surface area contributed by atoms with E-state index in [1.165, 1.54) is 5.56 Å². The van der Waals surface area contributed by atoms with Crippen LogP contribution in [-0.4, -0.2) is 48.6 Å². The largest absolute Gasteiger partial charge is 0.379 e. The van der Waals surface area contributed by atoms with Crippen molar-refractivity contribution in [3.05, 3.63) is 77.5 Å². The Balaban J connectivity index is 1.55. The Morgan fingerprint density at radius 1 is 1.07 bits per heavy atom. The highest BCUT2D eigenvalue weighted by Gasteiger charge is 2.21. The molecule has 0 spiro atoms. The van der Waals surface area contributed by atoms with Gasteiger partial charge in [0, 0.05) is 25.0 Å². The number of ether oxygens (including phenoxy) is 1. The molecule has 5 heteroatoms. The summed E-state index contributed by atoms with van der Waals surface area (Å²) in [7, 11) is 0. The number of carbonyl (C=O) groups is 1. The van der Waals surface area contributed by atoms with Gasteiger partial charge in [-0.15, -0.1) is 0 Å². The van der Waals surface area contributed by atoms with Gasteiger partial charge in [-0.3, -0.25) is 9.69 Å². The molecule has 4 rings (SSSR count). The van der Waals surface area contributed by atoms with Crippen LogP contribution in [0.5, 0.6) is 0 Å². The molecule has 1 amide bonds. The molecule has 1 fully saturated rings. The molecule has 2 heterocycles. The summed E-state index contributed by atoms with van der Waals surface area (Å²) in [6.07, 6.45) is 0. The molecule has 0 radical (unpaired) electrons. The second-order valence-electron chi connectivity index (χ2n) is 7.24. The number of para-hydroxylation sites is 1. The minimum atomic E-state index is -0.149. The van der Waals surface area contributed by atoms with Crippen molar-refractivity contribution < 1.29 is 9.53 Å². The summed E-state index contributed by atoms with van der Waals surface area (Å²) >= 11 is 0. The number of hydrogen-bond donors (Lipinski definition) is 1. The van der Waals surface area contributed by atoms with E-state index in [4.69, 9.17) is 4.74 Å². The number of aromatic nitrogens is 1. The van der Waals surface area contributed by atoms with E-state index in [0.29, 0.717) is 5.69 Å². The van der Waals surface area contributed by atoms with E-state index >= 15 is 0 Å². The molecule has 2 aromatic carbocycles. The summed E-state index contributed by atoms with van der Waals surface area (Å²) in [5.41, 5.74) is 3.58. The van der Waals surface area contributed by atoms with Gasteiger partial charge < -0.3 is 10.1 Å². The van der Waals surface area contributed by atoms with E-state index in [1.54, 1.807) is 6.07 Å². The molecule has 5 nitrogen and oxygen atoms in total. The van der Waals surface area contributed by atoms with Gasteiger partial charge in [0.05, 0.1) is 24.8 Å². The predicted octanol–water partition coefficient (Wildman–Crippen LogP) is 3.35. The SMILES string of the molecule is Cc1ccc([C@H](CN2CCOCC2)NC(=O)c2ccc3ccccc3n2)cc1. The molecule has 1 aliphatic rings. The number of amides is 1. The molecular formula is C23H25N3O2. The number of morpholine rings is 1. The fourth-order valence-corrected chi connectivity index (χ4v) is 3.50. The molecule has 3 aromatic rings. The summed E-state index contributed by atoms with van der Waals surface area (Å²) in [6.45, 7) is 6.06. The zero-order chi connectivity index (χ0) is 19.3. The van der Waals surface area contributed by atoms with E-state index in [9.17, 15) is 4.79 Å². The van der Waals surface area contributed by atoms with Crippen molar-refractivity contribution in [2.24, 2.45) is 0 Å². The lowest BCUT2D eigenvalue weighted by Gasteiger charge is -2.31. The van der Waals surface area contributed by atoms with Crippen LogP contribution in [0.25, 0.3) is 10.9 Å². The van der Waals surface area contributed by atoms with Gasteiger partial charge in [0.1, 0.15) is 5.69 Å². The fourth-order valence-electron chi connectivity index (χ4n) is 3.50. The first-order valence-electron chi connectivity index (χ1n) is 9.72. The van der Waals surface area contributed by atoms with Crippen molar-refractivity contribution in [1.82, 2.24) is 15.2 Å². The normalized spacial score (nSPS) is 16.0. The Labute approximate surface area is 165 Å². The second kappa shape index (κ2) is 8.50. The number of aryl methyl sites for hydroxylation is 1. The standard InChI is InChI=1S/C23H25N3O2/c1-17-6-8-19(9-7-17)22(16-26-12-14-28-15-13-26)25-23(27)21-11-10-18-4-2-3-5-20(18)24-21/h2-11,22H,12-16H2,1H3,(H,25,27)/t22-/m0/s1. The Bertz CT molecular complexity index is 949. The van der Waals surface area contributed by atoms with Gasteiger partial charge in [0.15, 0.2) is 0 Å². The van der Waals surface area contributed by atoms with Gasteiger partial charge in [-0.05, 0) is 24.6 Å². The maximum Gasteiger partial charge on any atom is 0.270 e. The van der Waals surface area contributed by atoms with Crippen molar-refractivity contribution in [1.29, 1.82) is 0 Å². The van der Waals surface area contributed by atoms with Crippen molar-refractivity contribution in [2.75, 3.05) is 32.8 Å². The highest BCUT2D eigenvalue weighted by atomic mass is 16.5. The fraction of sp³-hybridized carbons (Fsp3) is 0.304. The van der Waals surface area contributed by atoms with E-state index in [1.807, 2.05) is 30.3 Å². The molecule has 1 saturated heterocycles. The molecule has 0 unspecified atom stereocenters. The summed E-state index contributed by atoms with van der Waals surface area (Å²) in [6, 6.07) is 19.8. The Kier molecular flexibility index (Phi) is 5.65. The van der Waals surface area contributed by atoms with E-state index in [-0.39, 0.29) is 11.9 Å². The maximum absolute atomic E-state index is 13.0. The second-order valence-corrected chi connectivity index (χ2v) is 7.24. The lowest BCUT2D eigenvalue weighted by molar-refractivity contribution is 0.0332. The molecule has 28 heavy (non-hydrogen) atoms. The third-order valence-electron chi connectivity index (χ3n) is 5.16. The van der Waals surface area contributed by atoms with E-state index in [0.717, 1.165) is 49.3 Å². The van der Waals surface area contributed by atoms with E-state index < -0.39 is 0 Å². The monoisotopic (exact) mass is 375 g/mol. The summed E-state index contributed by atoms with van der Waals surface area (Å²) in [5.74, 6) is -0.149. The smallest absolute Gasteiger partial charge is 0.270 e. The number of benzene rings is 2. The first-order valence-corrected chi connectivity index (χ1v) is 9.72. The van der Waals surface area contributed by atoms with Crippen molar-refractivity contribution in [3.8, 4) is 0 Å². The minimum Gasteiger partial charge on any atom is -0.379 e.